The Morgan fingerprint density at radius 2 is 1.47 bits per heavy atom. The van der Waals surface area contributed by atoms with Crippen molar-refractivity contribution < 1.29 is 0 Å². The van der Waals surface area contributed by atoms with Gasteiger partial charge in [-0.3, -0.25) is 14.9 Å². The van der Waals surface area contributed by atoms with Crippen LogP contribution in [0.5, 0.6) is 0 Å². The summed E-state index contributed by atoms with van der Waals surface area (Å²) < 4.78 is 0. The maximum Gasteiger partial charge on any atom is 0.0936 e. The van der Waals surface area contributed by atoms with Crippen LogP contribution in [-0.2, 0) is 13.1 Å². The van der Waals surface area contributed by atoms with Gasteiger partial charge in [-0.1, -0.05) is 79.6 Å². The van der Waals surface area contributed by atoms with Crippen LogP contribution in [0.4, 0.5) is 5.69 Å². The van der Waals surface area contributed by atoms with Crippen molar-refractivity contribution in [2.45, 2.75) is 64.7 Å². The molecule has 1 fully saturated rings. The van der Waals surface area contributed by atoms with Gasteiger partial charge in [0.15, 0.2) is 0 Å². The zero-order chi connectivity index (χ0) is 25.9. The number of nitrogens with zero attached hydrogens (tertiary/aromatic N) is 3. The summed E-state index contributed by atoms with van der Waals surface area (Å²) >= 11 is 0. The third kappa shape index (κ3) is 5.27. The van der Waals surface area contributed by atoms with Gasteiger partial charge in [0.25, 0.3) is 0 Å². The fraction of sp³-hybridized carbons (Fsp3) is 0.294. The Morgan fingerprint density at radius 1 is 0.711 bits per heavy atom. The first-order chi connectivity index (χ1) is 18.6. The molecule has 2 unspecified atom stereocenters. The van der Waals surface area contributed by atoms with Crippen molar-refractivity contribution in [1.82, 2.24) is 14.9 Å². The number of pyridine rings is 2. The summed E-state index contributed by atoms with van der Waals surface area (Å²) in [5.74, 6) is 0. The fourth-order valence-corrected chi connectivity index (χ4v) is 6.11. The lowest BCUT2D eigenvalue weighted by Gasteiger charge is -2.41. The molecule has 2 heterocycles. The van der Waals surface area contributed by atoms with Gasteiger partial charge in [-0.05, 0) is 67.3 Å². The molecule has 0 spiro atoms. The van der Waals surface area contributed by atoms with Gasteiger partial charge in [-0.2, -0.15) is 0 Å². The second-order valence-electron chi connectivity index (χ2n) is 10.7. The smallest absolute Gasteiger partial charge is 0.0936 e. The Hall–Kier alpha value is -3.76. The van der Waals surface area contributed by atoms with Crippen LogP contribution >= 0.6 is 0 Å². The van der Waals surface area contributed by atoms with E-state index in [4.69, 9.17) is 9.97 Å². The largest absolute Gasteiger partial charge is 0.379 e. The third-order valence-electron chi connectivity index (χ3n) is 7.96. The molecule has 0 radical (unpaired) electrons. The summed E-state index contributed by atoms with van der Waals surface area (Å²) in [7, 11) is 0. The van der Waals surface area contributed by atoms with Crippen LogP contribution in [0.2, 0.25) is 0 Å². The number of aryl methyl sites for hydroxylation is 2. The van der Waals surface area contributed by atoms with Crippen LogP contribution in [0.25, 0.3) is 21.7 Å². The van der Waals surface area contributed by atoms with Crippen molar-refractivity contribution in [2.75, 3.05) is 5.32 Å². The van der Waals surface area contributed by atoms with E-state index in [1.807, 2.05) is 0 Å². The molecule has 1 N–H and O–H groups in total. The van der Waals surface area contributed by atoms with Gasteiger partial charge in [0.1, 0.15) is 0 Å². The minimum absolute atomic E-state index is 0.344. The lowest BCUT2D eigenvalue weighted by Crippen LogP contribution is -2.48. The molecule has 1 aliphatic carbocycles. The molecular formula is C34H36N4. The van der Waals surface area contributed by atoms with Crippen LogP contribution in [-0.4, -0.2) is 27.0 Å². The normalized spacial score (nSPS) is 17.8. The molecule has 3 aromatic carbocycles. The van der Waals surface area contributed by atoms with Crippen LogP contribution in [0, 0.1) is 13.8 Å². The topological polar surface area (TPSA) is 41.0 Å². The van der Waals surface area contributed by atoms with E-state index in [2.05, 4.69) is 115 Å². The molecule has 38 heavy (non-hydrogen) atoms. The zero-order valence-corrected chi connectivity index (χ0v) is 22.4. The van der Waals surface area contributed by atoms with Crippen LogP contribution in [0.3, 0.4) is 0 Å². The highest BCUT2D eigenvalue weighted by atomic mass is 15.2. The Labute approximate surface area is 225 Å². The predicted molar refractivity (Wildman–Crippen MR) is 158 cm³/mol. The summed E-state index contributed by atoms with van der Waals surface area (Å²) in [6.07, 6.45) is 4.82. The van der Waals surface area contributed by atoms with E-state index >= 15 is 0 Å². The minimum atomic E-state index is 0.344. The Balaban J connectivity index is 1.36. The monoisotopic (exact) mass is 500 g/mol. The average Bonchev–Trinajstić information content (AvgIpc) is 2.94. The molecule has 4 nitrogen and oxygen atoms in total. The van der Waals surface area contributed by atoms with Crippen molar-refractivity contribution in [2.24, 2.45) is 0 Å². The van der Waals surface area contributed by atoms with Crippen molar-refractivity contribution in [3.05, 3.63) is 114 Å². The number of anilines is 1. The Bertz CT molecular complexity index is 1550. The molecule has 192 valence electrons. The summed E-state index contributed by atoms with van der Waals surface area (Å²) in [4.78, 5) is 12.5. The van der Waals surface area contributed by atoms with Crippen LogP contribution in [0.1, 0.15) is 48.3 Å². The lowest BCUT2D eigenvalue weighted by molar-refractivity contribution is 0.127. The predicted octanol–water partition coefficient (Wildman–Crippen LogP) is 7.83. The molecule has 0 bridgehead atoms. The number of rotatable bonds is 7. The molecule has 5 aromatic rings. The summed E-state index contributed by atoms with van der Waals surface area (Å²) in [5.41, 5.74) is 6.84. The quantitative estimate of drug-likeness (QED) is 0.247. The van der Waals surface area contributed by atoms with Crippen molar-refractivity contribution in [3.63, 3.8) is 0 Å². The van der Waals surface area contributed by atoms with E-state index in [-0.39, 0.29) is 0 Å². The average molecular weight is 501 g/mol. The van der Waals surface area contributed by atoms with Crippen molar-refractivity contribution in [1.29, 1.82) is 0 Å². The highest BCUT2D eigenvalue weighted by molar-refractivity contribution is 5.90. The van der Waals surface area contributed by atoms with E-state index in [1.54, 1.807) is 0 Å². The fourth-order valence-electron chi connectivity index (χ4n) is 6.11. The van der Waals surface area contributed by atoms with E-state index in [1.165, 1.54) is 41.0 Å². The Kier molecular flexibility index (Phi) is 7.06. The minimum Gasteiger partial charge on any atom is -0.379 e. The number of nitrogens with one attached hydrogen (secondary N) is 1. The van der Waals surface area contributed by atoms with Crippen molar-refractivity contribution in [3.8, 4) is 0 Å². The highest BCUT2D eigenvalue weighted by Crippen LogP contribution is 2.32. The summed E-state index contributed by atoms with van der Waals surface area (Å²) in [5, 5.41) is 7.80. The highest BCUT2D eigenvalue weighted by Gasteiger charge is 2.31. The second-order valence-corrected chi connectivity index (χ2v) is 10.7. The summed E-state index contributed by atoms with van der Waals surface area (Å²) in [6, 6.07) is 33.3. The molecular weight excluding hydrogens is 464 g/mol. The van der Waals surface area contributed by atoms with Crippen LogP contribution < -0.4 is 5.32 Å². The maximum atomic E-state index is 4.90. The van der Waals surface area contributed by atoms with E-state index < -0.39 is 0 Å². The molecule has 0 aliphatic heterocycles. The molecule has 0 amide bonds. The number of hydrogen-bond acceptors (Lipinski definition) is 4. The molecule has 1 aliphatic rings. The first-order valence-corrected chi connectivity index (χ1v) is 13.9. The van der Waals surface area contributed by atoms with Gasteiger partial charge in [0.2, 0.25) is 0 Å². The van der Waals surface area contributed by atoms with Gasteiger partial charge in [-0.25, -0.2) is 0 Å². The SMILES string of the molecule is Cc1cccc(CN(Cc2cccc3ccccc23)C2CCCCC2Nc2cccc3ccc(C)nc23)n1. The number of hydrogen-bond donors (Lipinski definition) is 1. The number of benzene rings is 3. The second kappa shape index (κ2) is 10.9. The molecule has 2 atom stereocenters. The number of para-hydroxylation sites is 1. The molecule has 6 rings (SSSR count). The third-order valence-corrected chi connectivity index (χ3v) is 7.96. The first-order valence-electron chi connectivity index (χ1n) is 13.9. The maximum absolute atomic E-state index is 4.90. The van der Waals surface area contributed by atoms with Crippen LogP contribution in [0.15, 0.2) is 91.0 Å². The summed E-state index contributed by atoms with van der Waals surface area (Å²) in [6.45, 7) is 5.88. The van der Waals surface area contributed by atoms with Gasteiger partial charge >= 0.3 is 0 Å². The molecule has 2 aromatic heterocycles. The Morgan fingerprint density at radius 3 is 2.39 bits per heavy atom. The standard InChI is InChI=1S/C34H36N4/c1-24-10-7-15-29(35-24)23-38(22-28-14-8-12-26-11-3-4-16-30(26)28)33-19-6-5-17-31(33)37-32-18-9-13-27-21-20-25(2)36-34(27)32/h3-4,7-16,18,20-21,31,33,37H,5-6,17,19,22-23H2,1-2H3. The molecule has 4 heteroatoms. The zero-order valence-electron chi connectivity index (χ0n) is 22.4. The van der Waals surface area contributed by atoms with Gasteiger partial charge in [0.05, 0.1) is 16.9 Å². The van der Waals surface area contributed by atoms with Gasteiger partial charge < -0.3 is 5.32 Å². The van der Waals surface area contributed by atoms with Gasteiger partial charge in [-0.15, -0.1) is 0 Å². The lowest BCUT2D eigenvalue weighted by atomic mass is 9.88. The van der Waals surface area contributed by atoms with E-state index in [0.717, 1.165) is 47.8 Å². The number of aromatic nitrogens is 2. The van der Waals surface area contributed by atoms with E-state index in [0.29, 0.717) is 12.1 Å². The molecule has 0 saturated heterocycles. The van der Waals surface area contributed by atoms with Crippen molar-refractivity contribution >= 4 is 27.4 Å². The first kappa shape index (κ1) is 24.6. The molecule has 1 saturated carbocycles. The number of fused-ring (bicyclic) bond motifs is 2. The van der Waals surface area contributed by atoms with E-state index in [9.17, 15) is 0 Å². The van der Waals surface area contributed by atoms with Gasteiger partial charge in [0, 0.05) is 41.9 Å².